The number of thiocarbonyl (C=S) groups is 1. The second-order valence-corrected chi connectivity index (χ2v) is 11.2. The minimum Gasteiger partial charge on any atom is -0.486 e. The number of ether oxygens (including phenoxy) is 1. The minimum atomic E-state index is -0.313. The van der Waals surface area contributed by atoms with Crippen LogP contribution in [-0.4, -0.2) is 16.5 Å². The predicted octanol–water partition coefficient (Wildman–Crippen LogP) is 8.06. The highest BCUT2D eigenvalue weighted by atomic mass is 79.9. The molecule has 1 aliphatic heterocycles. The van der Waals surface area contributed by atoms with Crippen LogP contribution in [0.3, 0.4) is 0 Å². The number of carbonyl (C=O) groups excluding carboxylic acids is 1. The third-order valence-corrected chi connectivity index (χ3v) is 7.96. The van der Waals surface area contributed by atoms with Gasteiger partial charge < -0.3 is 4.74 Å². The van der Waals surface area contributed by atoms with Gasteiger partial charge in [0.25, 0.3) is 5.91 Å². The first-order valence-corrected chi connectivity index (χ1v) is 13.7. The maximum atomic E-state index is 13.9. The first kappa shape index (κ1) is 24.5. The van der Waals surface area contributed by atoms with Crippen LogP contribution in [0.25, 0.3) is 6.08 Å². The van der Waals surface area contributed by atoms with Crippen LogP contribution in [0.1, 0.15) is 11.1 Å². The Morgan fingerprint density at radius 3 is 2.55 bits per heavy atom. The number of carbonyl (C=O) groups is 1. The summed E-state index contributed by atoms with van der Waals surface area (Å²) < 4.78 is 21.6. The first-order chi connectivity index (χ1) is 15.9. The maximum absolute atomic E-state index is 13.9. The van der Waals surface area contributed by atoms with Gasteiger partial charge in [0.15, 0.2) is 4.32 Å². The molecule has 0 radical (unpaired) electrons. The van der Waals surface area contributed by atoms with Crippen LogP contribution in [0.5, 0.6) is 5.75 Å². The zero-order valence-electron chi connectivity index (χ0n) is 17.2. The van der Waals surface area contributed by atoms with Gasteiger partial charge in [-0.3, -0.25) is 9.69 Å². The summed E-state index contributed by atoms with van der Waals surface area (Å²) in [5, 5.41) is 0. The van der Waals surface area contributed by atoms with Gasteiger partial charge in [-0.05, 0) is 86.2 Å². The number of amides is 1. The largest absolute Gasteiger partial charge is 0.486 e. The lowest BCUT2D eigenvalue weighted by molar-refractivity contribution is -0.113. The van der Waals surface area contributed by atoms with Gasteiger partial charge in [-0.1, -0.05) is 48.2 Å². The van der Waals surface area contributed by atoms with Gasteiger partial charge >= 0.3 is 0 Å². The Balaban J connectivity index is 1.56. The van der Waals surface area contributed by atoms with Crippen molar-refractivity contribution in [2.45, 2.75) is 11.5 Å². The number of hydrogen-bond acceptors (Lipinski definition) is 5. The third-order valence-electron chi connectivity index (χ3n) is 4.75. The standard InChI is InChI=1S/C24H16Br2FNO2S3/c1-32-17-7-4-6-16(12-17)28-23(29)21(33-24(28)31)11-14-9-18(25)22(19(26)10-14)30-13-15-5-2-3-8-20(15)27/h2-12H,13H2,1H3/b21-11+. The van der Waals surface area contributed by atoms with Crippen LogP contribution < -0.4 is 9.64 Å². The number of thioether (sulfide) groups is 2. The zero-order valence-corrected chi connectivity index (χ0v) is 22.8. The van der Waals surface area contributed by atoms with Crippen LogP contribution in [0.15, 0.2) is 79.4 Å². The molecule has 0 saturated carbocycles. The summed E-state index contributed by atoms with van der Waals surface area (Å²) in [6.07, 6.45) is 3.79. The molecule has 0 atom stereocenters. The lowest BCUT2D eigenvalue weighted by atomic mass is 10.2. The van der Waals surface area contributed by atoms with Crippen molar-refractivity contribution in [1.29, 1.82) is 0 Å². The molecule has 4 rings (SSSR count). The van der Waals surface area contributed by atoms with E-state index in [0.717, 1.165) is 16.1 Å². The maximum Gasteiger partial charge on any atom is 0.270 e. The summed E-state index contributed by atoms with van der Waals surface area (Å²) in [7, 11) is 0. The third kappa shape index (κ3) is 5.54. The molecule has 3 aromatic carbocycles. The highest BCUT2D eigenvalue weighted by molar-refractivity contribution is 9.11. The minimum absolute atomic E-state index is 0.0942. The van der Waals surface area contributed by atoms with Crippen molar-refractivity contribution in [3.8, 4) is 5.75 Å². The highest BCUT2D eigenvalue weighted by Gasteiger charge is 2.33. The molecule has 3 aromatic rings. The zero-order chi connectivity index (χ0) is 23.5. The molecule has 1 heterocycles. The van der Waals surface area contributed by atoms with Gasteiger partial charge in [-0.15, -0.1) is 11.8 Å². The fourth-order valence-corrected chi connectivity index (χ4v) is 6.36. The smallest absolute Gasteiger partial charge is 0.270 e. The average Bonchev–Trinajstić information content (AvgIpc) is 3.07. The average molecular weight is 625 g/mol. The molecule has 33 heavy (non-hydrogen) atoms. The normalized spacial score (nSPS) is 14.9. The second-order valence-electron chi connectivity index (χ2n) is 6.91. The molecule has 0 bridgehead atoms. The van der Waals surface area contributed by atoms with E-state index >= 15 is 0 Å². The number of halogens is 3. The van der Waals surface area contributed by atoms with Gasteiger partial charge in [-0.2, -0.15) is 0 Å². The van der Waals surface area contributed by atoms with E-state index in [1.807, 2.05) is 42.7 Å². The topological polar surface area (TPSA) is 29.5 Å². The molecule has 0 aromatic heterocycles. The summed E-state index contributed by atoms with van der Waals surface area (Å²) in [5.41, 5.74) is 2.02. The van der Waals surface area contributed by atoms with Crippen LogP contribution in [0.2, 0.25) is 0 Å². The molecular weight excluding hydrogens is 609 g/mol. The van der Waals surface area contributed by atoms with E-state index in [2.05, 4.69) is 31.9 Å². The molecule has 1 saturated heterocycles. The summed E-state index contributed by atoms with van der Waals surface area (Å²) in [5.74, 6) is 0.0821. The van der Waals surface area contributed by atoms with Crippen LogP contribution >= 0.6 is 67.6 Å². The number of nitrogens with zero attached hydrogens (tertiary/aromatic N) is 1. The summed E-state index contributed by atoms with van der Waals surface area (Å²) in [4.78, 5) is 16.3. The van der Waals surface area contributed by atoms with Crippen molar-refractivity contribution >= 4 is 89.6 Å². The van der Waals surface area contributed by atoms with Crippen molar-refractivity contribution < 1.29 is 13.9 Å². The van der Waals surface area contributed by atoms with Crippen LogP contribution in [0, 0.1) is 5.82 Å². The molecule has 1 fully saturated rings. The van der Waals surface area contributed by atoms with Gasteiger partial charge in [0.1, 0.15) is 18.2 Å². The molecule has 0 aliphatic carbocycles. The predicted molar refractivity (Wildman–Crippen MR) is 146 cm³/mol. The fraction of sp³-hybridized carbons (Fsp3) is 0.0833. The van der Waals surface area contributed by atoms with Crippen molar-refractivity contribution in [1.82, 2.24) is 0 Å². The van der Waals surface area contributed by atoms with Gasteiger partial charge in [0.05, 0.1) is 19.5 Å². The Morgan fingerprint density at radius 1 is 1.12 bits per heavy atom. The Kier molecular flexibility index (Phi) is 7.96. The molecular formula is C24H16Br2FNO2S3. The lowest BCUT2D eigenvalue weighted by Gasteiger charge is -2.15. The number of hydrogen-bond donors (Lipinski definition) is 0. The monoisotopic (exact) mass is 623 g/mol. The molecule has 168 valence electrons. The first-order valence-electron chi connectivity index (χ1n) is 9.64. The van der Waals surface area contributed by atoms with Crippen LogP contribution in [0.4, 0.5) is 10.1 Å². The summed E-state index contributed by atoms with van der Waals surface area (Å²) in [6.45, 7) is 0.0942. The molecule has 1 aliphatic rings. The second kappa shape index (κ2) is 10.7. The van der Waals surface area contributed by atoms with Crippen molar-refractivity contribution in [3.05, 3.63) is 91.5 Å². The van der Waals surface area contributed by atoms with Gasteiger partial charge in [0.2, 0.25) is 0 Å². The molecule has 9 heteroatoms. The van der Waals surface area contributed by atoms with E-state index in [-0.39, 0.29) is 18.3 Å². The van der Waals surface area contributed by atoms with Crippen LogP contribution in [-0.2, 0) is 11.4 Å². The SMILES string of the molecule is CSc1cccc(N2C(=O)/C(=C\c3cc(Br)c(OCc4ccccc4F)c(Br)c3)SC2=S)c1. The van der Waals surface area contributed by atoms with E-state index in [4.69, 9.17) is 17.0 Å². The number of anilines is 1. The summed E-state index contributed by atoms with van der Waals surface area (Å²) in [6, 6.07) is 17.9. The Hall–Kier alpha value is -1.65. The number of benzene rings is 3. The van der Waals surface area contributed by atoms with Crippen molar-refractivity contribution in [2.75, 3.05) is 11.2 Å². The molecule has 0 N–H and O–H groups in total. The van der Waals surface area contributed by atoms with Gasteiger partial charge in [0, 0.05) is 10.5 Å². The molecule has 3 nitrogen and oxygen atoms in total. The summed E-state index contributed by atoms with van der Waals surface area (Å²) >= 11 is 15.4. The molecule has 0 spiro atoms. The van der Waals surface area contributed by atoms with E-state index < -0.39 is 0 Å². The van der Waals surface area contributed by atoms with E-state index in [1.165, 1.54) is 17.8 Å². The Labute approximate surface area is 222 Å². The van der Waals surface area contributed by atoms with Gasteiger partial charge in [-0.25, -0.2) is 4.39 Å². The molecule has 1 amide bonds. The van der Waals surface area contributed by atoms with E-state index in [1.54, 1.807) is 40.9 Å². The van der Waals surface area contributed by atoms with Crippen molar-refractivity contribution in [3.63, 3.8) is 0 Å². The number of rotatable bonds is 6. The highest BCUT2D eigenvalue weighted by Crippen LogP contribution is 2.40. The lowest BCUT2D eigenvalue weighted by Crippen LogP contribution is -2.27. The van der Waals surface area contributed by atoms with Crippen molar-refractivity contribution in [2.24, 2.45) is 0 Å². The fourth-order valence-electron chi connectivity index (χ4n) is 3.16. The van der Waals surface area contributed by atoms with E-state index in [9.17, 15) is 9.18 Å². The molecule has 0 unspecified atom stereocenters. The Morgan fingerprint density at radius 2 is 1.85 bits per heavy atom. The quantitative estimate of drug-likeness (QED) is 0.157. The van der Waals surface area contributed by atoms with E-state index in [0.29, 0.717) is 29.5 Å². The Bertz CT molecular complexity index is 1260.